The van der Waals surface area contributed by atoms with Crippen molar-refractivity contribution in [1.82, 2.24) is 0 Å². The van der Waals surface area contributed by atoms with E-state index in [2.05, 4.69) is 12.2 Å². The van der Waals surface area contributed by atoms with Gasteiger partial charge in [-0.05, 0) is 12.1 Å². The number of hydrogen-bond donors (Lipinski definition) is 1. The first-order chi connectivity index (χ1) is 4.43. The molecule has 1 nitrogen and oxygen atoms in total. The fourth-order valence-electron chi connectivity index (χ4n) is 0.700. The molecule has 1 N–H and O–H groups in total. The first-order valence-electron chi connectivity index (χ1n) is 3.01. The van der Waals surface area contributed by atoms with Crippen LogP contribution in [0.5, 0.6) is 0 Å². The monoisotopic (exact) mass is 304 g/mol. The van der Waals surface area contributed by atoms with Crippen molar-refractivity contribution >= 4 is 5.69 Å². The molecule has 0 saturated carbocycles. The Hall–Kier alpha value is -0.292. The van der Waals surface area contributed by atoms with Crippen molar-refractivity contribution in [3.8, 4) is 0 Å². The molecule has 2 heteroatoms. The van der Waals surface area contributed by atoms with Crippen LogP contribution in [-0.4, -0.2) is 6.54 Å². The summed E-state index contributed by atoms with van der Waals surface area (Å²) in [5.74, 6) is 0. The van der Waals surface area contributed by atoms with Gasteiger partial charge in [-0.15, -0.1) is 6.54 Å². The third-order valence-corrected chi connectivity index (χ3v) is 1.10. The van der Waals surface area contributed by atoms with Crippen molar-refractivity contribution < 1.29 is 21.1 Å². The SMILES string of the molecule is [CH2-]CNc1ccccc1.[W]. The Morgan fingerprint density at radius 1 is 1.20 bits per heavy atom. The minimum atomic E-state index is 0. The summed E-state index contributed by atoms with van der Waals surface area (Å²) in [6, 6.07) is 10.0. The van der Waals surface area contributed by atoms with Gasteiger partial charge in [0.05, 0.1) is 0 Å². The summed E-state index contributed by atoms with van der Waals surface area (Å²) >= 11 is 0. The van der Waals surface area contributed by atoms with E-state index in [1.54, 1.807) is 0 Å². The van der Waals surface area contributed by atoms with Gasteiger partial charge in [-0.2, -0.15) is 0 Å². The summed E-state index contributed by atoms with van der Waals surface area (Å²) in [5.41, 5.74) is 1.13. The maximum Gasteiger partial charge on any atom is 0.0315 e. The molecule has 0 unspecified atom stereocenters. The van der Waals surface area contributed by atoms with Gasteiger partial charge in [0.25, 0.3) is 0 Å². The zero-order chi connectivity index (χ0) is 6.53. The Kier molecular flexibility index (Phi) is 5.33. The van der Waals surface area contributed by atoms with Crippen LogP contribution in [0.1, 0.15) is 0 Å². The number of rotatable bonds is 2. The maximum absolute atomic E-state index is 3.67. The third kappa shape index (κ3) is 3.03. The van der Waals surface area contributed by atoms with Gasteiger partial charge in [-0.1, -0.05) is 18.2 Å². The summed E-state index contributed by atoms with van der Waals surface area (Å²) < 4.78 is 0. The summed E-state index contributed by atoms with van der Waals surface area (Å²) in [7, 11) is 0. The Morgan fingerprint density at radius 3 is 2.30 bits per heavy atom. The van der Waals surface area contributed by atoms with Crippen LogP contribution in [-0.2, 0) is 21.1 Å². The molecule has 0 aliphatic carbocycles. The predicted molar refractivity (Wildman–Crippen MR) is 40.3 cm³/mol. The quantitative estimate of drug-likeness (QED) is 0.823. The van der Waals surface area contributed by atoms with Crippen LogP contribution in [0.2, 0.25) is 0 Å². The van der Waals surface area contributed by atoms with Crippen molar-refractivity contribution in [1.29, 1.82) is 0 Å². The van der Waals surface area contributed by atoms with E-state index in [0.29, 0.717) is 0 Å². The van der Waals surface area contributed by atoms with Crippen LogP contribution in [0.3, 0.4) is 0 Å². The number of para-hydroxylation sites is 1. The molecule has 1 rings (SSSR count). The van der Waals surface area contributed by atoms with Crippen LogP contribution in [0, 0.1) is 6.92 Å². The Morgan fingerprint density at radius 2 is 1.80 bits per heavy atom. The molecule has 0 heterocycles. The number of anilines is 1. The van der Waals surface area contributed by atoms with Gasteiger partial charge in [0, 0.05) is 26.8 Å². The molecule has 0 spiro atoms. The van der Waals surface area contributed by atoms with E-state index in [-0.39, 0.29) is 21.1 Å². The molecule has 0 aromatic heterocycles. The van der Waals surface area contributed by atoms with E-state index in [1.165, 1.54) is 0 Å². The first-order valence-corrected chi connectivity index (χ1v) is 3.01. The van der Waals surface area contributed by atoms with Crippen molar-refractivity contribution in [2.45, 2.75) is 0 Å². The summed E-state index contributed by atoms with van der Waals surface area (Å²) in [6.45, 7) is 4.41. The van der Waals surface area contributed by atoms with Crippen molar-refractivity contribution in [2.24, 2.45) is 0 Å². The van der Waals surface area contributed by atoms with Crippen LogP contribution >= 0.6 is 0 Å². The normalized spacial score (nSPS) is 8.10. The van der Waals surface area contributed by atoms with E-state index in [9.17, 15) is 0 Å². The molecule has 0 bridgehead atoms. The smallest absolute Gasteiger partial charge is 0.0315 e. The summed E-state index contributed by atoms with van der Waals surface area (Å²) in [5, 5.41) is 3.10. The van der Waals surface area contributed by atoms with Gasteiger partial charge in [-0.3, -0.25) is 0 Å². The topological polar surface area (TPSA) is 12.0 Å². The van der Waals surface area contributed by atoms with E-state index in [1.807, 2.05) is 30.3 Å². The van der Waals surface area contributed by atoms with Crippen LogP contribution in [0.15, 0.2) is 30.3 Å². The molecule has 0 aliphatic rings. The second-order valence-corrected chi connectivity index (χ2v) is 1.79. The van der Waals surface area contributed by atoms with Gasteiger partial charge in [0.1, 0.15) is 0 Å². The molecular weight excluding hydrogens is 294 g/mol. The molecular formula is C8H10NW-. The molecule has 1 aromatic rings. The van der Waals surface area contributed by atoms with E-state index in [4.69, 9.17) is 0 Å². The fourth-order valence-corrected chi connectivity index (χ4v) is 0.700. The maximum atomic E-state index is 3.67. The van der Waals surface area contributed by atoms with Crippen molar-refractivity contribution in [2.75, 3.05) is 11.9 Å². The van der Waals surface area contributed by atoms with E-state index < -0.39 is 0 Å². The number of benzene rings is 1. The molecule has 0 saturated heterocycles. The average molecular weight is 304 g/mol. The standard InChI is InChI=1S/C8H10N.W/c1-2-9-8-6-4-3-5-7-8;/h3-7,9H,1-2H2;/q-1;. The predicted octanol–water partition coefficient (Wildman–Crippen LogP) is 1.93. The molecule has 0 radical (unpaired) electrons. The van der Waals surface area contributed by atoms with Crippen molar-refractivity contribution in [3.05, 3.63) is 37.3 Å². The third-order valence-electron chi connectivity index (χ3n) is 1.10. The Balaban J connectivity index is 0.000000810. The largest absolute Gasteiger partial charge is 0.415 e. The minimum Gasteiger partial charge on any atom is -0.415 e. The van der Waals surface area contributed by atoms with Crippen LogP contribution < -0.4 is 5.32 Å². The van der Waals surface area contributed by atoms with E-state index in [0.717, 1.165) is 12.2 Å². The average Bonchev–Trinajstić information content (AvgIpc) is 1.91. The van der Waals surface area contributed by atoms with Crippen LogP contribution in [0.4, 0.5) is 5.69 Å². The zero-order valence-corrected chi connectivity index (χ0v) is 8.64. The molecule has 54 valence electrons. The summed E-state index contributed by atoms with van der Waals surface area (Å²) in [6.07, 6.45) is 0. The minimum absolute atomic E-state index is 0. The molecule has 10 heavy (non-hydrogen) atoms. The van der Waals surface area contributed by atoms with Crippen molar-refractivity contribution in [3.63, 3.8) is 0 Å². The van der Waals surface area contributed by atoms with Crippen LogP contribution in [0.25, 0.3) is 0 Å². The molecule has 0 aliphatic heterocycles. The van der Waals surface area contributed by atoms with Gasteiger partial charge >= 0.3 is 0 Å². The second-order valence-electron chi connectivity index (χ2n) is 1.79. The van der Waals surface area contributed by atoms with Gasteiger partial charge < -0.3 is 12.2 Å². The van der Waals surface area contributed by atoms with Gasteiger partial charge in [0.15, 0.2) is 0 Å². The first kappa shape index (κ1) is 9.71. The summed E-state index contributed by atoms with van der Waals surface area (Å²) in [4.78, 5) is 0. The Bertz CT molecular complexity index is 162. The number of hydrogen-bond acceptors (Lipinski definition) is 1. The zero-order valence-electron chi connectivity index (χ0n) is 5.71. The number of nitrogens with one attached hydrogen (secondary N) is 1. The van der Waals surface area contributed by atoms with Gasteiger partial charge in [-0.25, -0.2) is 0 Å². The molecule has 0 atom stereocenters. The van der Waals surface area contributed by atoms with Gasteiger partial charge in [0.2, 0.25) is 0 Å². The Labute approximate surface area is 76.1 Å². The molecule has 1 aromatic carbocycles. The molecule has 0 amide bonds. The van der Waals surface area contributed by atoms with E-state index >= 15 is 0 Å². The fraction of sp³-hybridized carbons (Fsp3) is 0.125. The molecule has 0 fully saturated rings. The second kappa shape index (κ2) is 5.49.